The standard InChI is InChI=1S/C17H30N2/c1-5-12-18-13-11-16-9-7-8-10-17(16)14-19(4)15(3)6-2/h7-10,15,18H,5-6,11-14H2,1-4H3. The van der Waals surface area contributed by atoms with Crippen LogP contribution in [0.25, 0.3) is 0 Å². The first-order valence-corrected chi connectivity index (χ1v) is 7.66. The van der Waals surface area contributed by atoms with E-state index in [0.717, 1.165) is 26.1 Å². The molecule has 0 heterocycles. The van der Waals surface area contributed by atoms with Gasteiger partial charge in [-0.15, -0.1) is 0 Å². The van der Waals surface area contributed by atoms with E-state index in [1.165, 1.54) is 24.0 Å². The van der Waals surface area contributed by atoms with E-state index in [2.05, 4.69) is 62.3 Å². The lowest BCUT2D eigenvalue weighted by atomic mass is 10.0. The van der Waals surface area contributed by atoms with E-state index in [-0.39, 0.29) is 0 Å². The van der Waals surface area contributed by atoms with Gasteiger partial charge in [0.15, 0.2) is 0 Å². The minimum atomic E-state index is 0.645. The van der Waals surface area contributed by atoms with Gasteiger partial charge in [0.05, 0.1) is 0 Å². The maximum atomic E-state index is 3.48. The molecule has 2 heteroatoms. The normalized spacial score (nSPS) is 12.9. The van der Waals surface area contributed by atoms with Gasteiger partial charge in [-0.1, -0.05) is 38.1 Å². The molecule has 1 N–H and O–H groups in total. The largest absolute Gasteiger partial charge is 0.316 e. The first-order valence-electron chi connectivity index (χ1n) is 7.66. The minimum absolute atomic E-state index is 0.645. The molecule has 1 aromatic carbocycles. The molecular formula is C17H30N2. The summed E-state index contributed by atoms with van der Waals surface area (Å²) in [7, 11) is 2.22. The van der Waals surface area contributed by atoms with Crippen molar-refractivity contribution in [2.45, 2.75) is 52.6 Å². The van der Waals surface area contributed by atoms with Crippen molar-refractivity contribution in [2.24, 2.45) is 0 Å². The maximum Gasteiger partial charge on any atom is 0.0236 e. The van der Waals surface area contributed by atoms with E-state index >= 15 is 0 Å². The molecule has 0 saturated heterocycles. The topological polar surface area (TPSA) is 15.3 Å². The molecule has 19 heavy (non-hydrogen) atoms. The molecule has 0 amide bonds. The van der Waals surface area contributed by atoms with Crippen molar-refractivity contribution in [1.29, 1.82) is 0 Å². The summed E-state index contributed by atoms with van der Waals surface area (Å²) in [5.74, 6) is 0. The highest BCUT2D eigenvalue weighted by Gasteiger charge is 2.09. The van der Waals surface area contributed by atoms with Gasteiger partial charge in [0, 0.05) is 12.6 Å². The summed E-state index contributed by atoms with van der Waals surface area (Å²) < 4.78 is 0. The lowest BCUT2D eigenvalue weighted by molar-refractivity contribution is 0.243. The Labute approximate surface area is 119 Å². The molecule has 0 aliphatic heterocycles. The van der Waals surface area contributed by atoms with Crippen molar-refractivity contribution in [1.82, 2.24) is 10.2 Å². The smallest absolute Gasteiger partial charge is 0.0236 e. The summed E-state index contributed by atoms with van der Waals surface area (Å²) in [5, 5.41) is 3.48. The Bertz CT molecular complexity index is 349. The second kappa shape index (κ2) is 9.11. The highest BCUT2D eigenvalue weighted by molar-refractivity contribution is 5.27. The van der Waals surface area contributed by atoms with Crippen LogP contribution in [0.4, 0.5) is 0 Å². The van der Waals surface area contributed by atoms with Crippen molar-refractivity contribution < 1.29 is 0 Å². The lowest BCUT2D eigenvalue weighted by Gasteiger charge is -2.24. The molecule has 108 valence electrons. The van der Waals surface area contributed by atoms with Crippen LogP contribution in [0.15, 0.2) is 24.3 Å². The van der Waals surface area contributed by atoms with E-state index < -0.39 is 0 Å². The van der Waals surface area contributed by atoms with Gasteiger partial charge in [-0.3, -0.25) is 4.90 Å². The summed E-state index contributed by atoms with van der Waals surface area (Å²) in [5.41, 5.74) is 2.96. The van der Waals surface area contributed by atoms with Crippen LogP contribution in [0.3, 0.4) is 0 Å². The number of rotatable bonds is 9. The first kappa shape index (κ1) is 16.2. The predicted octanol–water partition coefficient (Wildman–Crippen LogP) is 3.46. The summed E-state index contributed by atoms with van der Waals surface area (Å²) in [4.78, 5) is 2.44. The zero-order valence-electron chi connectivity index (χ0n) is 13.1. The van der Waals surface area contributed by atoms with Crippen molar-refractivity contribution in [3.63, 3.8) is 0 Å². The van der Waals surface area contributed by atoms with Crippen LogP contribution < -0.4 is 5.32 Å². The van der Waals surface area contributed by atoms with E-state index in [1.54, 1.807) is 0 Å². The van der Waals surface area contributed by atoms with Crippen LogP contribution >= 0.6 is 0 Å². The molecule has 1 atom stereocenters. The van der Waals surface area contributed by atoms with Crippen LogP contribution in [0, 0.1) is 0 Å². The van der Waals surface area contributed by atoms with Crippen LogP contribution in [0.2, 0.25) is 0 Å². The third-order valence-electron chi connectivity index (χ3n) is 3.88. The average molecular weight is 262 g/mol. The first-order chi connectivity index (χ1) is 9.19. The number of hydrogen-bond acceptors (Lipinski definition) is 2. The summed E-state index contributed by atoms with van der Waals surface area (Å²) in [6.45, 7) is 10.0. The Morgan fingerprint density at radius 3 is 2.42 bits per heavy atom. The third kappa shape index (κ3) is 5.75. The van der Waals surface area contributed by atoms with Crippen molar-refractivity contribution in [3.05, 3.63) is 35.4 Å². The minimum Gasteiger partial charge on any atom is -0.316 e. The lowest BCUT2D eigenvalue weighted by Crippen LogP contribution is -2.28. The zero-order valence-corrected chi connectivity index (χ0v) is 13.1. The molecule has 0 fully saturated rings. The fourth-order valence-corrected chi connectivity index (χ4v) is 2.22. The van der Waals surface area contributed by atoms with Gasteiger partial charge in [0.25, 0.3) is 0 Å². The van der Waals surface area contributed by atoms with Crippen LogP contribution in [0.5, 0.6) is 0 Å². The van der Waals surface area contributed by atoms with Gasteiger partial charge in [0.1, 0.15) is 0 Å². The van der Waals surface area contributed by atoms with E-state index in [9.17, 15) is 0 Å². The van der Waals surface area contributed by atoms with E-state index in [0.29, 0.717) is 6.04 Å². The van der Waals surface area contributed by atoms with Crippen molar-refractivity contribution in [2.75, 3.05) is 20.1 Å². The molecule has 1 unspecified atom stereocenters. The van der Waals surface area contributed by atoms with Gasteiger partial charge in [-0.25, -0.2) is 0 Å². The van der Waals surface area contributed by atoms with Gasteiger partial charge in [-0.05, 0) is 57.5 Å². The Balaban J connectivity index is 2.57. The maximum absolute atomic E-state index is 3.48. The van der Waals surface area contributed by atoms with Crippen molar-refractivity contribution >= 4 is 0 Å². The second-order valence-electron chi connectivity index (χ2n) is 5.44. The fraction of sp³-hybridized carbons (Fsp3) is 0.647. The summed E-state index contributed by atoms with van der Waals surface area (Å²) in [6, 6.07) is 9.50. The number of nitrogens with one attached hydrogen (secondary N) is 1. The number of hydrogen-bond donors (Lipinski definition) is 1. The van der Waals surface area contributed by atoms with Gasteiger partial charge >= 0.3 is 0 Å². The molecule has 1 aromatic rings. The fourth-order valence-electron chi connectivity index (χ4n) is 2.22. The highest BCUT2D eigenvalue weighted by atomic mass is 15.1. The Morgan fingerprint density at radius 2 is 1.79 bits per heavy atom. The molecule has 0 radical (unpaired) electrons. The predicted molar refractivity (Wildman–Crippen MR) is 84.5 cm³/mol. The quantitative estimate of drug-likeness (QED) is 0.686. The molecule has 0 aliphatic carbocycles. The van der Waals surface area contributed by atoms with Crippen LogP contribution in [0.1, 0.15) is 44.7 Å². The van der Waals surface area contributed by atoms with Gasteiger partial charge < -0.3 is 5.32 Å². The Hall–Kier alpha value is -0.860. The van der Waals surface area contributed by atoms with Gasteiger partial charge in [0.2, 0.25) is 0 Å². The monoisotopic (exact) mass is 262 g/mol. The van der Waals surface area contributed by atoms with Gasteiger partial charge in [-0.2, -0.15) is 0 Å². The molecule has 0 aromatic heterocycles. The average Bonchev–Trinajstić information content (AvgIpc) is 2.44. The second-order valence-corrected chi connectivity index (χ2v) is 5.44. The molecule has 2 nitrogen and oxygen atoms in total. The molecule has 0 aliphatic rings. The molecule has 1 rings (SSSR count). The summed E-state index contributed by atoms with van der Waals surface area (Å²) in [6.07, 6.45) is 3.54. The molecule has 0 bridgehead atoms. The third-order valence-corrected chi connectivity index (χ3v) is 3.88. The Morgan fingerprint density at radius 1 is 1.11 bits per heavy atom. The SMILES string of the molecule is CCCNCCc1ccccc1CN(C)C(C)CC. The zero-order chi connectivity index (χ0) is 14.1. The molecule has 0 spiro atoms. The number of nitrogens with zero attached hydrogens (tertiary/aromatic N) is 1. The molecule has 0 saturated carbocycles. The molecular weight excluding hydrogens is 232 g/mol. The van der Waals surface area contributed by atoms with E-state index in [1.807, 2.05) is 0 Å². The summed E-state index contributed by atoms with van der Waals surface area (Å²) >= 11 is 0. The van der Waals surface area contributed by atoms with Crippen LogP contribution in [-0.2, 0) is 13.0 Å². The highest BCUT2D eigenvalue weighted by Crippen LogP contribution is 2.14. The van der Waals surface area contributed by atoms with E-state index in [4.69, 9.17) is 0 Å². The van der Waals surface area contributed by atoms with Crippen molar-refractivity contribution in [3.8, 4) is 0 Å². The van der Waals surface area contributed by atoms with Crippen LogP contribution in [-0.4, -0.2) is 31.1 Å². The Kier molecular flexibility index (Phi) is 7.76. The number of benzene rings is 1.